The summed E-state index contributed by atoms with van der Waals surface area (Å²) in [5, 5.41) is 12.9. The minimum atomic E-state index is 0.154. The van der Waals surface area contributed by atoms with Crippen LogP contribution in [0.1, 0.15) is 39.5 Å². The van der Waals surface area contributed by atoms with E-state index in [0.717, 1.165) is 31.6 Å². The van der Waals surface area contributed by atoms with E-state index < -0.39 is 0 Å². The molecule has 0 aromatic carbocycles. The van der Waals surface area contributed by atoms with E-state index in [1.807, 2.05) is 11.8 Å². The van der Waals surface area contributed by atoms with Gasteiger partial charge in [0.2, 0.25) is 0 Å². The molecule has 0 saturated carbocycles. The van der Waals surface area contributed by atoms with Crippen LogP contribution in [0, 0.1) is 5.92 Å². The summed E-state index contributed by atoms with van der Waals surface area (Å²) in [4.78, 5) is 0. The molecule has 0 aromatic heterocycles. The first-order chi connectivity index (χ1) is 8.65. The number of ether oxygens (including phenoxy) is 1. The summed E-state index contributed by atoms with van der Waals surface area (Å²) in [6, 6.07) is 1.00. The summed E-state index contributed by atoms with van der Waals surface area (Å²) in [7, 11) is 0. The third-order valence-corrected chi connectivity index (χ3v) is 5.48. The highest BCUT2D eigenvalue weighted by molar-refractivity contribution is 7.99. The molecule has 3 nitrogen and oxygen atoms in total. The average molecular weight is 273 g/mol. The molecule has 2 saturated heterocycles. The van der Waals surface area contributed by atoms with Gasteiger partial charge in [-0.05, 0) is 37.4 Å². The molecule has 18 heavy (non-hydrogen) atoms. The Kier molecular flexibility index (Phi) is 5.36. The molecule has 2 rings (SSSR count). The second-order valence-electron chi connectivity index (χ2n) is 6.05. The van der Waals surface area contributed by atoms with Crippen molar-refractivity contribution in [2.24, 2.45) is 5.92 Å². The molecule has 4 heteroatoms. The van der Waals surface area contributed by atoms with Crippen LogP contribution in [0.4, 0.5) is 0 Å². The number of nitrogens with one attached hydrogen (secondary N) is 1. The van der Waals surface area contributed by atoms with E-state index in [-0.39, 0.29) is 12.2 Å². The Bertz CT molecular complexity index is 254. The molecule has 0 aromatic rings. The molecule has 3 atom stereocenters. The third kappa shape index (κ3) is 3.62. The quantitative estimate of drug-likeness (QED) is 0.804. The normalized spacial score (nSPS) is 34.3. The van der Waals surface area contributed by atoms with Crippen LogP contribution in [0.15, 0.2) is 0 Å². The fourth-order valence-corrected chi connectivity index (χ4v) is 4.46. The molecular weight excluding hydrogens is 246 g/mol. The summed E-state index contributed by atoms with van der Waals surface area (Å²) < 4.78 is 6.05. The maximum atomic E-state index is 9.15. The second kappa shape index (κ2) is 6.60. The van der Waals surface area contributed by atoms with Crippen LogP contribution in [-0.2, 0) is 4.74 Å². The Hall–Kier alpha value is 0.230. The Balaban J connectivity index is 1.88. The Morgan fingerprint density at radius 3 is 2.94 bits per heavy atom. The molecular formula is C14H27NO2S. The van der Waals surface area contributed by atoms with Gasteiger partial charge < -0.3 is 15.2 Å². The average Bonchev–Trinajstić information content (AvgIpc) is 2.77. The molecule has 0 radical (unpaired) electrons. The fraction of sp³-hybridized carbons (Fsp3) is 1.00. The number of thioether (sulfide) groups is 1. The fourth-order valence-electron chi connectivity index (χ4n) is 3.08. The van der Waals surface area contributed by atoms with Gasteiger partial charge in [-0.25, -0.2) is 0 Å². The molecule has 2 heterocycles. The number of hydrogen-bond acceptors (Lipinski definition) is 4. The zero-order valence-electron chi connectivity index (χ0n) is 11.7. The monoisotopic (exact) mass is 273 g/mol. The molecule has 3 unspecified atom stereocenters. The van der Waals surface area contributed by atoms with Gasteiger partial charge in [-0.1, -0.05) is 13.8 Å². The van der Waals surface area contributed by atoms with Gasteiger partial charge in [0, 0.05) is 31.1 Å². The molecule has 2 aliphatic rings. The SMILES string of the molecule is CC(C)C(CCO)NC1CCOC2(CCSC2)C1. The number of rotatable bonds is 5. The summed E-state index contributed by atoms with van der Waals surface area (Å²) in [5.74, 6) is 2.99. The Morgan fingerprint density at radius 1 is 1.50 bits per heavy atom. The van der Waals surface area contributed by atoms with Crippen LogP contribution in [0.2, 0.25) is 0 Å². The van der Waals surface area contributed by atoms with Gasteiger partial charge in [0.05, 0.1) is 5.60 Å². The van der Waals surface area contributed by atoms with Crippen molar-refractivity contribution in [3.8, 4) is 0 Å². The molecule has 0 amide bonds. The van der Waals surface area contributed by atoms with Crippen molar-refractivity contribution in [3.05, 3.63) is 0 Å². The van der Waals surface area contributed by atoms with E-state index in [9.17, 15) is 0 Å². The number of aliphatic hydroxyl groups is 1. The van der Waals surface area contributed by atoms with Crippen LogP contribution in [0.3, 0.4) is 0 Å². The van der Waals surface area contributed by atoms with E-state index in [2.05, 4.69) is 19.2 Å². The number of hydrogen-bond donors (Lipinski definition) is 2. The van der Waals surface area contributed by atoms with Crippen LogP contribution in [0.25, 0.3) is 0 Å². The van der Waals surface area contributed by atoms with Crippen molar-refractivity contribution in [1.82, 2.24) is 5.32 Å². The lowest BCUT2D eigenvalue weighted by atomic mass is 9.88. The largest absolute Gasteiger partial charge is 0.396 e. The van der Waals surface area contributed by atoms with Crippen molar-refractivity contribution >= 4 is 11.8 Å². The molecule has 106 valence electrons. The third-order valence-electron chi connectivity index (χ3n) is 4.25. The van der Waals surface area contributed by atoms with Crippen LogP contribution in [-0.4, -0.2) is 47.5 Å². The number of aliphatic hydroxyl groups excluding tert-OH is 1. The Morgan fingerprint density at radius 2 is 2.33 bits per heavy atom. The van der Waals surface area contributed by atoms with Crippen molar-refractivity contribution in [2.75, 3.05) is 24.7 Å². The zero-order valence-corrected chi connectivity index (χ0v) is 12.5. The standard InChI is InChI=1S/C14H27NO2S/c1-11(2)13(3-6-16)15-12-4-7-17-14(9-12)5-8-18-10-14/h11-13,15-16H,3-10H2,1-2H3. The summed E-state index contributed by atoms with van der Waals surface area (Å²) in [6.45, 7) is 5.63. The van der Waals surface area contributed by atoms with E-state index in [1.54, 1.807) is 0 Å². The highest BCUT2D eigenvalue weighted by Gasteiger charge is 2.40. The van der Waals surface area contributed by atoms with E-state index >= 15 is 0 Å². The minimum absolute atomic E-state index is 0.154. The van der Waals surface area contributed by atoms with E-state index in [0.29, 0.717) is 18.0 Å². The minimum Gasteiger partial charge on any atom is -0.396 e. The molecule has 2 fully saturated rings. The van der Waals surface area contributed by atoms with Gasteiger partial charge in [0.25, 0.3) is 0 Å². The maximum absolute atomic E-state index is 9.15. The van der Waals surface area contributed by atoms with Crippen molar-refractivity contribution < 1.29 is 9.84 Å². The predicted octanol–water partition coefficient (Wildman–Crippen LogP) is 2.04. The Labute approximate surface area is 115 Å². The van der Waals surface area contributed by atoms with Crippen LogP contribution in [0.5, 0.6) is 0 Å². The van der Waals surface area contributed by atoms with Gasteiger partial charge in [-0.15, -0.1) is 0 Å². The van der Waals surface area contributed by atoms with Gasteiger partial charge in [0.1, 0.15) is 0 Å². The maximum Gasteiger partial charge on any atom is 0.0795 e. The molecule has 2 N–H and O–H groups in total. The molecule has 1 spiro atoms. The first-order valence-corrected chi connectivity index (χ1v) is 8.39. The lowest BCUT2D eigenvalue weighted by molar-refractivity contribution is -0.0721. The van der Waals surface area contributed by atoms with Gasteiger partial charge in [-0.3, -0.25) is 0 Å². The summed E-state index contributed by atoms with van der Waals surface area (Å²) >= 11 is 2.02. The predicted molar refractivity (Wildman–Crippen MR) is 77.1 cm³/mol. The first-order valence-electron chi connectivity index (χ1n) is 7.24. The zero-order chi connectivity index (χ0) is 13.0. The summed E-state index contributed by atoms with van der Waals surface area (Å²) in [6.07, 6.45) is 4.33. The highest BCUT2D eigenvalue weighted by Crippen LogP contribution is 2.38. The van der Waals surface area contributed by atoms with Crippen molar-refractivity contribution in [1.29, 1.82) is 0 Å². The molecule has 0 aliphatic carbocycles. The van der Waals surface area contributed by atoms with E-state index in [1.165, 1.54) is 12.2 Å². The molecule has 0 bridgehead atoms. The van der Waals surface area contributed by atoms with Gasteiger partial charge in [0.15, 0.2) is 0 Å². The van der Waals surface area contributed by atoms with Gasteiger partial charge >= 0.3 is 0 Å². The van der Waals surface area contributed by atoms with Crippen LogP contribution >= 0.6 is 11.8 Å². The lowest BCUT2D eigenvalue weighted by Gasteiger charge is -2.40. The summed E-state index contributed by atoms with van der Waals surface area (Å²) in [5.41, 5.74) is 0.154. The van der Waals surface area contributed by atoms with Gasteiger partial charge in [-0.2, -0.15) is 11.8 Å². The van der Waals surface area contributed by atoms with Crippen molar-refractivity contribution in [3.63, 3.8) is 0 Å². The topological polar surface area (TPSA) is 41.5 Å². The second-order valence-corrected chi connectivity index (χ2v) is 7.16. The van der Waals surface area contributed by atoms with Crippen LogP contribution < -0.4 is 5.32 Å². The van der Waals surface area contributed by atoms with E-state index in [4.69, 9.17) is 9.84 Å². The smallest absolute Gasteiger partial charge is 0.0795 e. The lowest BCUT2D eigenvalue weighted by Crippen LogP contribution is -2.51. The molecule has 2 aliphatic heterocycles. The first kappa shape index (κ1) is 14.6. The highest BCUT2D eigenvalue weighted by atomic mass is 32.2. The van der Waals surface area contributed by atoms with Crippen molar-refractivity contribution in [2.45, 2.75) is 57.2 Å².